The van der Waals surface area contributed by atoms with Gasteiger partial charge in [-0.05, 0) is 48.9 Å². The number of carbonyl (C=O) groups is 2. The van der Waals surface area contributed by atoms with Crippen molar-refractivity contribution in [3.8, 4) is 11.5 Å². The molecule has 1 N–H and O–H groups in total. The highest BCUT2D eigenvalue weighted by Crippen LogP contribution is 2.23. The Morgan fingerprint density at radius 2 is 1.42 bits per heavy atom. The van der Waals surface area contributed by atoms with Crippen molar-refractivity contribution < 1.29 is 19.1 Å². The van der Waals surface area contributed by atoms with Crippen molar-refractivity contribution in [3.63, 3.8) is 0 Å². The summed E-state index contributed by atoms with van der Waals surface area (Å²) in [5.74, 6) is 0.406. The molecule has 208 valence electrons. The van der Waals surface area contributed by atoms with E-state index in [4.69, 9.17) is 9.47 Å². The zero-order valence-electron chi connectivity index (χ0n) is 23.0. The zero-order valence-corrected chi connectivity index (χ0v) is 24.6. The van der Waals surface area contributed by atoms with Gasteiger partial charge in [0.15, 0.2) is 0 Å². The molecule has 0 bridgehead atoms. The largest absolute Gasteiger partial charge is 0.497 e. The van der Waals surface area contributed by atoms with Gasteiger partial charge in [-0.3, -0.25) is 4.79 Å². The Bertz CT molecular complexity index is 992. The molecule has 0 aliphatic carbocycles. The lowest BCUT2D eigenvalue weighted by Crippen LogP contribution is -2.17. The summed E-state index contributed by atoms with van der Waals surface area (Å²) in [6.45, 7) is 2.26. The van der Waals surface area contributed by atoms with Crippen molar-refractivity contribution >= 4 is 34.0 Å². The Hall–Kier alpha value is -2.67. The fourth-order valence-corrected chi connectivity index (χ4v) is 4.51. The molecule has 0 spiro atoms. The van der Waals surface area contributed by atoms with Gasteiger partial charge in [0.25, 0.3) is 0 Å². The summed E-state index contributed by atoms with van der Waals surface area (Å²) in [4.78, 5) is 24.7. The molecule has 0 heterocycles. The second-order valence-corrected chi connectivity index (χ2v) is 10.5. The van der Waals surface area contributed by atoms with Crippen molar-refractivity contribution in [1.29, 1.82) is 0 Å². The first-order valence-electron chi connectivity index (χ1n) is 14.0. The number of methoxy groups -OCH3 is 1. The number of nitrogens with one attached hydrogen (secondary N) is 1. The maximum absolute atomic E-state index is 12.5. The maximum Gasteiger partial charge on any atom is 0.343 e. The van der Waals surface area contributed by atoms with E-state index in [-0.39, 0.29) is 5.91 Å². The van der Waals surface area contributed by atoms with Gasteiger partial charge in [-0.1, -0.05) is 99.9 Å². The molecule has 0 aliphatic rings. The van der Waals surface area contributed by atoms with E-state index in [1.807, 2.05) is 0 Å². The third kappa shape index (κ3) is 13.2. The zero-order chi connectivity index (χ0) is 27.4. The molecule has 0 radical (unpaired) electrons. The Kier molecular flexibility index (Phi) is 16.1. The van der Waals surface area contributed by atoms with Gasteiger partial charge in [-0.15, -0.1) is 0 Å². The van der Waals surface area contributed by atoms with Gasteiger partial charge in [0.05, 0.1) is 18.9 Å². The van der Waals surface area contributed by atoms with Crippen LogP contribution in [0.15, 0.2) is 52.0 Å². The summed E-state index contributed by atoms with van der Waals surface area (Å²) in [6, 6.07) is 11.9. The van der Waals surface area contributed by atoms with Crippen molar-refractivity contribution in [3.05, 3.63) is 58.1 Å². The average Bonchev–Trinajstić information content (AvgIpc) is 2.92. The Morgan fingerprint density at radius 1 is 0.842 bits per heavy atom. The number of unbranched alkanes of at least 4 members (excludes halogenated alkanes) is 12. The van der Waals surface area contributed by atoms with E-state index in [0.717, 1.165) is 17.3 Å². The van der Waals surface area contributed by atoms with Crippen molar-refractivity contribution in [2.75, 3.05) is 7.11 Å². The van der Waals surface area contributed by atoms with Crippen LogP contribution in [0, 0.1) is 0 Å². The third-order valence-electron chi connectivity index (χ3n) is 6.40. The molecule has 2 aromatic rings. The van der Waals surface area contributed by atoms with Crippen molar-refractivity contribution in [2.24, 2.45) is 5.10 Å². The van der Waals surface area contributed by atoms with Crippen LogP contribution >= 0.6 is 15.9 Å². The predicted molar refractivity (Wildman–Crippen MR) is 158 cm³/mol. The Balaban J connectivity index is 1.64. The highest BCUT2D eigenvalue weighted by Gasteiger charge is 2.12. The lowest BCUT2D eigenvalue weighted by molar-refractivity contribution is -0.121. The van der Waals surface area contributed by atoms with Gasteiger partial charge in [0.1, 0.15) is 11.5 Å². The van der Waals surface area contributed by atoms with E-state index in [2.05, 4.69) is 33.4 Å². The maximum atomic E-state index is 12.5. The number of rotatable bonds is 19. The number of halogens is 1. The minimum atomic E-state index is -0.490. The summed E-state index contributed by atoms with van der Waals surface area (Å²) in [5, 5.41) is 4.07. The van der Waals surface area contributed by atoms with Crippen LogP contribution in [0.3, 0.4) is 0 Å². The molecule has 2 aromatic carbocycles. The highest BCUT2D eigenvalue weighted by molar-refractivity contribution is 9.10. The fourth-order valence-electron chi connectivity index (χ4n) is 4.13. The van der Waals surface area contributed by atoms with E-state index >= 15 is 0 Å². The number of nitrogens with zero attached hydrogens (tertiary/aromatic N) is 1. The molecular weight excluding hydrogens is 544 g/mol. The number of hydrogen-bond acceptors (Lipinski definition) is 5. The number of carbonyl (C=O) groups excluding carboxylic acids is 2. The highest BCUT2D eigenvalue weighted by atomic mass is 79.9. The van der Waals surface area contributed by atoms with E-state index in [9.17, 15) is 9.59 Å². The van der Waals surface area contributed by atoms with Gasteiger partial charge in [-0.2, -0.15) is 5.10 Å². The normalized spacial score (nSPS) is 11.0. The molecule has 0 fully saturated rings. The number of esters is 1. The first-order chi connectivity index (χ1) is 18.5. The molecule has 2 rings (SSSR count). The topological polar surface area (TPSA) is 77.0 Å². The summed E-state index contributed by atoms with van der Waals surface area (Å²) in [6.07, 6.45) is 18.5. The second kappa shape index (κ2) is 19.4. The molecule has 38 heavy (non-hydrogen) atoms. The van der Waals surface area contributed by atoms with Crippen LogP contribution in [0.1, 0.15) is 113 Å². The minimum absolute atomic E-state index is 0.115. The van der Waals surface area contributed by atoms with Crippen LogP contribution in [0.5, 0.6) is 11.5 Å². The van der Waals surface area contributed by atoms with Crippen LogP contribution in [0.2, 0.25) is 0 Å². The number of hydrazone groups is 1. The first kappa shape index (κ1) is 31.5. The van der Waals surface area contributed by atoms with E-state index in [1.54, 1.807) is 49.6 Å². The molecule has 0 atom stereocenters. The van der Waals surface area contributed by atoms with E-state index < -0.39 is 5.97 Å². The first-order valence-corrected chi connectivity index (χ1v) is 14.8. The van der Waals surface area contributed by atoms with E-state index in [0.29, 0.717) is 29.0 Å². The van der Waals surface area contributed by atoms with Gasteiger partial charge in [0.2, 0.25) is 5.91 Å². The second-order valence-electron chi connectivity index (χ2n) is 9.59. The van der Waals surface area contributed by atoms with Crippen molar-refractivity contribution in [2.45, 2.75) is 96.8 Å². The van der Waals surface area contributed by atoms with E-state index in [1.165, 1.54) is 76.8 Å². The summed E-state index contributed by atoms with van der Waals surface area (Å²) >= 11 is 3.42. The molecule has 0 unspecified atom stereocenters. The lowest BCUT2D eigenvalue weighted by atomic mass is 10.0. The Morgan fingerprint density at radius 3 is 2.00 bits per heavy atom. The standard InChI is InChI=1S/C31H43BrN2O4/c1-3-4-5-6-7-8-9-10-11-12-13-14-15-16-30(35)34-33-24-26-23-27(32)19-22-29(26)38-31(36)25-17-20-28(37-2)21-18-25/h17-24H,3-16H2,1-2H3,(H,34,35). The molecule has 0 aromatic heterocycles. The van der Waals surface area contributed by atoms with Gasteiger partial charge < -0.3 is 9.47 Å². The van der Waals surface area contributed by atoms with Crippen LogP contribution < -0.4 is 14.9 Å². The van der Waals surface area contributed by atoms with Gasteiger partial charge in [-0.25, -0.2) is 10.2 Å². The van der Waals surface area contributed by atoms with Crippen LogP contribution in [-0.2, 0) is 4.79 Å². The SMILES string of the molecule is CCCCCCCCCCCCCCCC(=O)NN=Cc1cc(Br)ccc1OC(=O)c1ccc(OC)cc1. The van der Waals surface area contributed by atoms with Crippen LogP contribution in [0.4, 0.5) is 0 Å². The minimum Gasteiger partial charge on any atom is -0.497 e. The lowest BCUT2D eigenvalue weighted by Gasteiger charge is -2.08. The monoisotopic (exact) mass is 586 g/mol. The molecule has 0 saturated heterocycles. The smallest absolute Gasteiger partial charge is 0.343 e. The molecule has 6 nitrogen and oxygen atoms in total. The molecule has 0 aliphatic heterocycles. The van der Waals surface area contributed by atoms with Crippen LogP contribution in [0.25, 0.3) is 0 Å². The summed E-state index contributed by atoms with van der Waals surface area (Å²) in [5.41, 5.74) is 3.56. The third-order valence-corrected chi connectivity index (χ3v) is 6.89. The predicted octanol–water partition coefficient (Wildman–Crippen LogP) is 8.61. The Labute approximate surface area is 236 Å². The van der Waals surface area contributed by atoms with Gasteiger partial charge in [0, 0.05) is 16.5 Å². The fraction of sp³-hybridized carbons (Fsp3) is 0.516. The number of ether oxygens (including phenoxy) is 2. The van der Waals surface area contributed by atoms with Gasteiger partial charge >= 0.3 is 5.97 Å². The number of amides is 1. The number of hydrogen-bond donors (Lipinski definition) is 1. The number of benzene rings is 2. The average molecular weight is 588 g/mol. The van der Waals surface area contributed by atoms with Crippen molar-refractivity contribution in [1.82, 2.24) is 5.43 Å². The molecular formula is C31H43BrN2O4. The molecule has 0 saturated carbocycles. The molecule has 1 amide bonds. The van der Waals surface area contributed by atoms with Crippen LogP contribution in [-0.4, -0.2) is 25.2 Å². The summed E-state index contributed by atoms with van der Waals surface area (Å²) in [7, 11) is 1.57. The molecule has 7 heteroatoms. The summed E-state index contributed by atoms with van der Waals surface area (Å²) < 4.78 is 11.5. The quantitative estimate of drug-likeness (QED) is 0.0587.